The van der Waals surface area contributed by atoms with Gasteiger partial charge in [-0.05, 0) is 59.8 Å². The number of ether oxygens (including phenoxy) is 1. The molecule has 116 valence electrons. The van der Waals surface area contributed by atoms with Crippen molar-refractivity contribution in [1.29, 1.82) is 5.26 Å². The summed E-state index contributed by atoms with van der Waals surface area (Å²) in [6.07, 6.45) is 1.78. The van der Waals surface area contributed by atoms with Crippen LogP contribution in [0.2, 0.25) is 0 Å². The van der Waals surface area contributed by atoms with Crippen molar-refractivity contribution < 1.29 is 18.7 Å². The Kier molecular flexibility index (Phi) is 4.81. The van der Waals surface area contributed by atoms with Crippen molar-refractivity contribution in [2.24, 2.45) is 5.92 Å². The number of halogens is 2. The molecule has 1 aromatic carbocycles. The number of benzene rings is 1. The minimum absolute atomic E-state index is 0.00182. The van der Waals surface area contributed by atoms with Gasteiger partial charge in [0, 0.05) is 4.47 Å². The van der Waals surface area contributed by atoms with Gasteiger partial charge in [-0.1, -0.05) is 0 Å². The minimum atomic E-state index is -0.942. The lowest BCUT2D eigenvalue weighted by atomic mass is 9.98. The maximum absolute atomic E-state index is 13.1. The van der Waals surface area contributed by atoms with E-state index in [1.807, 2.05) is 0 Å². The van der Waals surface area contributed by atoms with E-state index >= 15 is 0 Å². The van der Waals surface area contributed by atoms with Crippen molar-refractivity contribution in [3.8, 4) is 6.07 Å². The summed E-state index contributed by atoms with van der Waals surface area (Å²) in [5.41, 5.74) is -0.943. The van der Waals surface area contributed by atoms with E-state index in [2.05, 4.69) is 27.3 Å². The van der Waals surface area contributed by atoms with Crippen molar-refractivity contribution in [2.75, 3.05) is 6.61 Å². The Morgan fingerprint density at radius 3 is 2.82 bits per heavy atom. The van der Waals surface area contributed by atoms with Crippen LogP contribution in [-0.4, -0.2) is 24.0 Å². The molecule has 0 unspecified atom stereocenters. The van der Waals surface area contributed by atoms with Crippen LogP contribution < -0.4 is 5.32 Å². The van der Waals surface area contributed by atoms with Crippen molar-refractivity contribution in [1.82, 2.24) is 5.32 Å². The number of rotatable bonds is 5. The van der Waals surface area contributed by atoms with Crippen LogP contribution in [-0.2, 0) is 9.53 Å². The van der Waals surface area contributed by atoms with Crippen molar-refractivity contribution in [2.45, 2.75) is 25.3 Å². The van der Waals surface area contributed by atoms with E-state index in [1.165, 1.54) is 12.1 Å². The summed E-state index contributed by atoms with van der Waals surface area (Å²) in [5, 5.41) is 11.7. The molecule has 1 saturated carbocycles. The lowest BCUT2D eigenvalue weighted by Crippen LogP contribution is -2.48. The summed E-state index contributed by atoms with van der Waals surface area (Å²) in [6.45, 7) is 1.12. The van der Waals surface area contributed by atoms with Crippen LogP contribution in [0.15, 0.2) is 22.7 Å². The molecule has 1 fully saturated rings. The SMILES string of the molecule is C[C@@](C#N)(NC(=O)COC(=O)c1cc(F)ccc1Br)C1CC1. The van der Waals surface area contributed by atoms with Crippen molar-refractivity contribution in [3.05, 3.63) is 34.1 Å². The summed E-state index contributed by atoms with van der Waals surface area (Å²) in [7, 11) is 0. The predicted molar refractivity (Wildman–Crippen MR) is 79.3 cm³/mol. The van der Waals surface area contributed by atoms with E-state index < -0.39 is 29.8 Å². The maximum atomic E-state index is 13.1. The normalized spacial score (nSPS) is 16.3. The fourth-order valence-electron chi connectivity index (χ4n) is 2.07. The minimum Gasteiger partial charge on any atom is -0.452 e. The molecule has 0 aromatic heterocycles. The molecular weight excluding hydrogens is 355 g/mol. The van der Waals surface area contributed by atoms with Crippen molar-refractivity contribution in [3.63, 3.8) is 0 Å². The number of nitrogens with zero attached hydrogens (tertiary/aromatic N) is 1. The Morgan fingerprint density at radius 2 is 2.23 bits per heavy atom. The third-order valence-corrected chi connectivity index (χ3v) is 4.20. The number of esters is 1. The zero-order chi connectivity index (χ0) is 16.3. The second-order valence-corrected chi connectivity index (χ2v) is 6.19. The molecule has 0 radical (unpaired) electrons. The highest BCUT2D eigenvalue weighted by atomic mass is 79.9. The Morgan fingerprint density at radius 1 is 1.55 bits per heavy atom. The maximum Gasteiger partial charge on any atom is 0.339 e. The first kappa shape index (κ1) is 16.4. The highest BCUT2D eigenvalue weighted by molar-refractivity contribution is 9.10. The van der Waals surface area contributed by atoms with E-state index in [9.17, 15) is 14.0 Å². The zero-order valence-electron chi connectivity index (χ0n) is 11.9. The molecule has 22 heavy (non-hydrogen) atoms. The Balaban J connectivity index is 1.92. The number of nitrogens with one attached hydrogen (secondary N) is 1. The van der Waals surface area contributed by atoms with E-state index in [1.54, 1.807) is 6.92 Å². The van der Waals surface area contributed by atoms with Gasteiger partial charge in [0.1, 0.15) is 11.4 Å². The van der Waals surface area contributed by atoms with Gasteiger partial charge in [0.25, 0.3) is 5.91 Å². The van der Waals surface area contributed by atoms with Gasteiger partial charge in [-0.3, -0.25) is 4.79 Å². The Labute approximate surface area is 135 Å². The lowest BCUT2D eigenvalue weighted by molar-refractivity contribution is -0.125. The van der Waals surface area contributed by atoms with E-state index in [0.29, 0.717) is 4.47 Å². The topological polar surface area (TPSA) is 79.2 Å². The molecule has 0 spiro atoms. The number of amides is 1. The van der Waals surface area contributed by atoms with E-state index in [4.69, 9.17) is 10.00 Å². The lowest BCUT2D eigenvalue weighted by Gasteiger charge is -2.22. The number of nitriles is 1. The monoisotopic (exact) mass is 368 g/mol. The molecular formula is C15H14BrFN2O3. The predicted octanol–water partition coefficient (Wildman–Crippen LogP) is 2.55. The summed E-state index contributed by atoms with van der Waals surface area (Å²) in [6, 6.07) is 5.68. The van der Waals surface area contributed by atoms with Gasteiger partial charge in [-0.25, -0.2) is 9.18 Å². The summed E-state index contributed by atoms with van der Waals surface area (Å²) in [4.78, 5) is 23.7. The molecule has 2 rings (SSSR count). The number of carbonyl (C=O) groups excluding carboxylic acids is 2. The number of hydrogen-bond donors (Lipinski definition) is 1. The molecule has 1 aromatic rings. The van der Waals surface area contributed by atoms with Crippen LogP contribution in [0.1, 0.15) is 30.1 Å². The van der Waals surface area contributed by atoms with Gasteiger partial charge in [0.15, 0.2) is 6.61 Å². The average Bonchev–Trinajstić information content (AvgIpc) is 3.32. The zero-order valence-corrected chi connectivity index (χ0v) is 13.4. The molecule has 0 saturated heterocycles. The fraction of sp³-hybridized carbons (Fsp3) is 0.400. The second kappa shape index (κ2) is 6.44. The number of hydrogen-bond acceptors (Lipinski definition) is 4. The third-order valence-electron chi connectivity index (χ3n) is 3.51. The number of carbonyl (C=O) groups is 2. The highest BCUT2D eigenvalue weighted by Gasteiger charge is 2.43. The van der Waals surface area contributed by atoms with Gasteiger partial charge >= 0.3 is 5.97 Å². The van der Waals surface area contributed by atoms with Crippen LogP contribution >= 0.6 is 15.9 Å². The second-order valence-electron chi connectivity index (χ2n) is 5.34. The third kappa shape index (κ3) is 3.83. The molecule has 1 N–H and O–H groups in total. The largest absolute Gasteiger partial charge is 0.452 e. The Bertz CT molecular complexity index is 655. The molecule has 1 aliphatic rings. The van der Waals surface area contributed by atoms with Gasteiger partial charge < -0.3 is 10.1 Å². The van der Waals surface area contributed by atoms with Gasteiger partial charge in [0.2, 0.25) is 0 Å². The molecule has 0 bridgehead atoms. The first-order valence-corrected chi connectivity index (χ1v) is 7.49. The summed E-state index contributed by atoms with van der Waals surface area (Å²) < 4.78 is 18.4. The molecule has 5 nitrogen and oxygen atoms in total. The molecule has 7 heteroatoms. The first-order valence-electron chi connectivity index (χ1n) is 6.70. The van der Waals surface area contributed by atoms with Crippen LogP contribution in [0, 0.1) is 23.1 Å². The molecule has 0 aliphatic heterocycles. The van der Waals surface area contributed by atoms with Gasteiger partial charge in [-0.2, -0.15) is 5.26 Å². The van der Waals surface area contributed by atoms with Crippen LogP contribution in [0.4, 0.5) is 4.39 Å². The van der Waals surface area contributed by atoms with E-state index in [0.717, 1.165) is 18.9 Å². The summed E-state index contributed by atoms with van der Waals surface area (Å²) >= 11 is 3.11. The molecule has 1 amide bonds. The van der Waals surface area contributed by atoms with Crippen molar-refractivity contribution >= 4 is 27.8 Å². The standard InChI is InChI=1S/C15H14BrFN2O3/c1-15(8-18,9-2-3-9)19-13(20)7-22-14(21)11-6-10(17)4-5-12(11)16/h4-6,9H,2-3,7H2,1H3,(H,19,20)/t15-/m0/s1. The fourth-order valence-corrected chi connectivity index (χ4v) is 2.48. The molecule has 0 heterocycles. The van der Waals surface area contributed by atoms with Crippen LogP contribution in [0.5, 0.6) is 0 Å². The molecule has 1 atom stereocenters. The Hall–Kier alpha value is -1.94. The van der Waals surface area contributed by atoms with Crippen LogP contribution in [0.3, 0.4) is 0 Å². The van der Waals surface area contributed by atoms with Gasteiger partial charge in [0.05, 0.1) is 11.6 Å². The quantitative estimate of drug-likeness (QED) is 0.810. The smallest absolute Gasteiger partial charge is 0.339 e. The summed E-state index contributed by atoms with van der Waals surface area (Å²) in [5.74, 6) is -1.82. The van der Waals surface area contributed by atoms with Gasteiger partial charge in [-0.15, -0.1) is 0 Å². The highest BCUT2D eigenvalue weighted by Crippen LogP contribution is 2.39. The first-order chi connectivity index (χ1) is 10.4. The molecule has 1 aliphatic carbocycles. The van der Waals surface area contributed by atoms with Crippen LogP contribution in [0.25, 0.3) is 0 Å². The van der Waals surface area contributed by atoms with E-state index in [-0.39, 0.29) is 11.5 Å². The average molecular weight is 369 g/mol.